The highest BCUT2D eigenvalue weighted by atomic mass is 19.2. The molecule has 0 spiro atoms. The van der Waals surface area contributed by atoms with Crippen LogP contribution in [-0.4, -0.2) is 10.9 Å². The van der Waals surface area contributed by atoms with E-state index in [1.54, 1.807) is 0 Å². The largest absolute Gasteiger partial charge is 0.488 e. The van der Waals surface area contributed by atoms with Gasteiger partial charge in [-0.2, -0.15) is 0 Å². The average molecular weight is 295 g/mol. The minimum absolute atomic E-state index is 0.0332. The zero-order valence-corrected chi connectivity index (χ0v) is 11.1. The molecule has 1 N–H and O–H groups in total. The molecule has 0 radical (unpaired) electrons. The molecule has 3 nitrogen and oxygen atoms in total. The van der Waals surface area contributed by atoms with Gasteiger partial charge in [-0.25, -0.2) is 13.2 Å². The van der Waals surface area contributed by atoms with E-state index in [1.807, 2.05) is 0 Å². The van der Waals surface area contributed by atoms with E-state index in [0.29, 0.717) is 5.56 Å². The van der Waals surface area contributed by atoms with Gasteiger partial charge in [0.1, 0.15) is 18.2 Å². The number of halogens is 3. The first-order chi connectivity index (χ1) is 10.0. The maximum atomic E-state index is 13.2. The van der Waals surface area contributed by atoms with E-state index >= 15 is 0 Å². The number of rotatable bonds is 4. The van der Waals surface area contributed by atoms with Crippen LogP contribution in [0.25, 0.3) is 0 Å². The van der Waals surface area contributed by atoms with Crippen molar-refractivity contribution in [2.75, 3.05) is 0 Å². The first-order valence-electron chi connectivity index (χ1n) is 6.06. The van der Waals surface area contributed by atoms with Gasteiger partial charge in [0.25, 0.3) is 0 Å². The van der Waals surface area contributed by atoms with E-state index in [1.165, 1.54) is 25.1 Å². The molecular weight excluding hydrogens is 283 g/mol. The third kappa shape index (κ3) is 3.53. The predicted molar refractivity (Wildman–Crippen MR) is 71.1 cm³/mol. The van der Waals surface area contributed by atoms with Gasteiger partial charge in [0, 0.05) is 5.56 Å². The molecule has 6 heteroatoms. The Morgan fingerprint density at radius 3 is 2.52 bits per heavy atom. The van der Waals surface area contributed by atoms with Crippen molar-refractivity contribution in [2.45, 2.75) is 13.5 Å². The van der Waals surface area contributed by atoms with Gasteiger partial charge in [-0.05, 0) is 42.8 Å². The SMILES string of the molecule is C/C(=N/O)c1cc(F)ccc1OCc1ccc(F)c(F)c1. The van der Waals surface area contributed by atoms with Crippen LogP contribution < -0.4 is 4.74 Å². The molecule has 0 unspecified atom stereocenters. The van der Waals surface area contributed by atoms with Crippen LogP contribution in [0, 0.1) is 17.5 Å². The summed E-state index contributed by atoms with van der Waals surface area (Å²) < 4.78 is 44.6. The highest BCUT2D eigenvalue weighted by Crippen LogP contribution is 2.22. The minimum Gasteiger partial charge on any atom is -0.488 e. The summed E-state index contributed by atoms with van der Waals surface area (Å²) in [6.45, 7) is 1.45. The molecular formula is C15H12F3NO2. The van der Waals surface area contributed by atoms with Crippen molar-refractivity contribution in [3.63, 3.8) is 0 Å². The first-order valence-corrected chi connectivity index (χ1v) is 6.06. The molecule has 2 aromatic carbocycles. The van der Waals surface area contributed by atoms with Gasteiger partial charge in [-0.1, -0.05) is 11.2 Å². The lowest BCUT2D eigenvalue weighted by Gasteiger charge is -2.11. The lowest BCUT2D eigenvalue weighted by molar-refractivity contribution is 0.302. The first kappa shape index (κ1) is 14.9. The van der Waals surface area contributed by atoms with Crippen LogP contribution in [0.15, 0.2) is 41.6 Å². The zero-order chi connectivity index (χ0) is 15.4. The maximum Gasteiger partial charge on any atom is 0.159 e. The highest BCUT2D eigenvalue weighted by Gasteiger charge is 2.10. The van der Waals surface area contributed by atoms with Gasteiger partial charge in [0.15, 0.2) is 11.6 Å². The van der Waals surface area contributed by atoms with Crippen LogP contribution in [0.2, 0.25) is 0 Å². The van der Waals surface area contributed by atoms with Crippen molar-refractivity contribution in [3.05, 3.63) is 65.0 Å². The van der Waals surface area contributed by atoms with Gasteiger partial charge >= 0.3 is 0 Å². The highest BCUT2D eigenvalue weighted by molar-refractivity contribution is 6.00. The van der Waals surface area contributed by atoms with Crippen LogP contribution >= 0.6 is 0 Å². The van der Waals surface area contributed by atoms with Gasteiger partial charge in [-0.15, -0.1) is 0 Å². The van der Waals surface area contributed by atoms with E-state index in [-0.39, 0.29) is 23.6 Å². The number of hydrogen-bond acceptors (Lipinski definition) is 3. The molecule has 2 aromatic rings. The Kier molecular flexibility index (Phi) is 4.47. The number of hydrogen-bond donors (Lipinski definition) is 1. The molecule has 0 atom stereocenters. The molecule has 21 heavy (non-hydrogen) atoms. The summed E-state index contributed by atoms with van der Waals surface area (Å²) in [5.41, 5.74) is 0.873. The number of oxime groups is 1. The zero-order valence-electron chi connectivity index (χ0n) is 11.1. The van der Waals surface area contributed by atoms with E-state index < -0.39 is 17.5 Å². The Labute approximate surface area is 119 Å². The summed E-state index contributed by atoms with van der Waals surface area (Å²) in [7, 11) is 0. The summed E-state index contributed by atoms with van der Waals surface area (Å²) >= 11 is 0. The fraction of sp³-hybridized carbons (Fsp3) is 0.133. The maximum absolute atomic E-state index is 13.2. The molecule has 110 valence electrons. The number of ether oxygens (including phenoxy) is 1. The second-order valence-corrected chi connectivity index (χ2v) is 4.36. The van der Waals surface area contributed by atoms with Crippen LogP contribution in [0.5, 0.6) is 5.75 Å². The summed E-state index contributed by atoms with van der Waals surface area (Å²) in [6.07, 6.45) is 0. The van der Waals surface area contributed by atoms with E-state index in [9.17, 15) is 13.2 Å². The second-order valence-electron chi connectivity index (χ2n) is 4.36. The monoisotopic (exact) mass is 295 g/mol. The second kappa shape index (κ2) is 6.30. The summed E-state index contributed by atoms with van der Waals surface area (Å²) in [6, 6.07) is 7.13. The quantitative estimate of drug-likeness (QED) is 0.528. The van der Waals surface area contributed by atoms with Crippen molar-refractivity contribution in [1.29, 1.82) is 0 Å². The van der Waals surface area contributed by atoms with Gasteiger partial charge in [-0.3, -0.25) is 0 Å². The Morgan fingerprint density at radius 1 is 1.10 bits per heavy atom. The molecule has 0 aliphatic heterocycles. The smallest absolute Gasteiger partial charge is 0.159 e. The molecule has 0 saturated carbocycles. The normalized spacial score (nSPS) is 11.5. The van der Waals surface area contributed by atoms with Crippen LogP contribution in [0.4, 0.5) is 13.2 Å². The average Bonchev–Trinajstić information content (AvgIpc) is 2.48. The Morgan fingerprint density at radius 2 is 1.86 bits per heavy atom. The predicted octanol–water partition coefficient (Wildman–Crippen LogP) is 3.88. The molecule has 0 aromatic heterocycles. The Bertz CT molecular complexity index is 687. The molecule has 0 heterocycles. The standard InChI is InChI=1S/C15H12F3NO2/c1-9(19-20)12-7-11(16)3-5-15(12)21-8-10-2-4-13(17)14(18)6-10/h2-7,20H,8H2,1H3/b19-9-. The summed E-state index contributed by atoms with van der Waals surface area (Å²) in [5, 5.41) is 11.8. The van der Waals surface area contributed by atoms with E-state index in [0.717, 1.165) is 18.2 Å². The summed E-state index contributed by atoms with van der Waals surface area (Å²) in [4.78, 5) is 0. The fourth-order valence-corrected chi connectivity index (χ4v) is 1.76. The Balaban J connectivity index is 2.21. The minimum atomic E-state index is -0.969. The fourth-order valence-electron chi connectivity index (χ4n) is 1.76. The molecule has 2 rings (SSSR count). The molecule has 0 fully saturated rings. The third-order valence-corrected chi connectivity index (χ3v) is 2.86. The van der Waals surface area contributed by atoms with E-state index in [4.69, 9.17) is 9.94 Å². The van der Waals surface area contributed by atoms with Crippen molar-refractivity contribution >= 4 is 5.71 Å². The molecule has 0 amide bonds. The van der Waals surface area contributed by atoms with Gasteiger partial charge in [0.2, 0.25) is 0 Å². The van der Waals surface area contributed by atoms with Crippen LogP contribution in [0.1, 0.15) is 18.1 Å². The molecule has 0 aliphatic carbocycles. The third-order valence-electron chi connectivity index (χ3n) is 2.86. The number of nitrogens with zero attached hydrogens (tertiary/aromatic N) is 1. The molecule has 0 saturated heterocycles. The van der Waals surface area contributed by atoms with Crippen molar-refractivity contribution in [2.24, 2.45) is 5.16 Å². The van der Waals surface area contributed by atoms with Crippen LogP contribution in [-0.2, 0) is 6.61 Å². The lowest BCUT2D eigenvalue weighted by atomic mass is 10.1. The number of benzene rings is 2. The van der Waals surface area contributed by atoms with Crippen molar-refractivity contribution < 1.29 is 23.1 Å². The topological polar surface area (TPSA) is 41.8 Å². The van der Waals surface area contributed by atoms with Gasteiger partial charge in [0.05, 0.1) is 5.71 Å². The lowest BCUT2D eigenvalue weighted by Crippen LogP contribution is -2.03. The van der Waals surface area contributed by atoms with E-state index in [2.05, 4.69) is 5.16 Å². The van der Waals surface area contributed by atoms with Crippen molar-refractivity contribution in [1.82, 2.24) is 0 Å². The van der Waals surface area contributed by atoms with Crippen LogP contribution in [0.3, 0.4) is 0 Å². The summed E-state index contributed by atoms with van der Waals surface area (Å²) in [5.74, 6) is -2.14. The van der Waals surface area contributed by atoms with Crippen molar-refractivity contribution in [3.8, 4) is 5.75 Å². The van der Waals surface area contributed by atoms with Gasteiger partial charge < -0.3 is 9.94 Å². The molecule has 0 aliphatic rings. The Hall–Kier alpha value is -2.50. The molecule has 0 bridgehead atoms.